The van der Waals surface area contributed by atoms with Gasteiger partial charge in [0.15, 0.2) is 5.96 Å². The van der Waals surface area contributed by atoms with Gasteiger partial charge in [0.25, 0.3) is 0 Å². The Morgan fingerprint density at radius 1 is 1.35 bits per heavy atom. The normalized spacial score (nSPS) is 17.9. The van der Waals surface area contributed by atoms with Crippen LogP contribution < -0.4 is 15.2 Å². The molecule has 0 spiro atoms. The Hall–Kier alpha value is -1.95. The number of ether oxygens (including phenoxy) is 2. The fourth-order valence-corrected chi connectivity index (χ4v) is 2.72. The quantitative estimate of drug-likeness (QED) is 0.638. The van der Waals surface area contributed by atoms with Crippen LogP contribution in [-0.4, -0.2) is 49.8 Å². The number of piperidine rings is 1. The van der Waals surface area contributed by atoms with Crippen molar-refractivity contribution in [3.05, 3.63) is 23.8 Å². The van der Waals surface area contributed by atoms with Crippen LogP contribution in [0.2, 0.25) is 0 Å². The van der Waals surface area contributed by atoms with Crippen LogP contribution in [0.4, 0.5) is 0 Å². The molecule has 0 bridgehead atoms. The molecule has 1 aromatic carbocycles. The third kappa shape index (κ3) is 4.51. The minimum absolute atomic E-state index is 0.196. The summed E-state index contributed by atoms with van der Waals surface area (Å²) >= 11 is 0. The molecule has 128 valence electrons. The standard InChI is InChI=1S/C17H27N3O3/c1-12-6-8-20(9-7-12)17(18)19-11-15(21)14-10-13(22-2)4-5-16(14)23-3/h4-5,10,12,15,21H,6-9,11H2,1-3H3,(H2,18,19). The van der Waals surface area contributed by atoms with E-state index in [1.807, 2.05) is 0 Å². The van der Waals surface area contributed by atoms with Gasteiger partial charge in [-0.3, -0.25) is 4.99 Å². The molecule has 6 heteroatoms. The topological polar surface area (TPSA) is 80.3 Å². The molecule has 1 saturated heterocycles. The SMILES string of the molecule is COc1ccc(OC)c(C(O)CN=C(N)N2CCC(C)CC2)c1. The Labute approximate surface area is 137 Å². The van der Waals surface area contributed by atoms with Gasteiger partial charge in [0.1, 0.15) is 17.6 Å². The van der Waals surface area contributed by atoms with E-state index in [1.165, 1.54) is 0 Å². The zero-order chi connectivity index (χ0) is 16.8. The molecule has 3 N–H and O–H groups in total. The van der Waals surface area contributed by atoms with E-state index < -0.39 is 6.10 Å². The number of aliphatic hydroxyl groups is 1. The van der Waals surface area contributed by atoms with E-state index in [2.05, 4.69) is 16.8 Å². The van der Waals surface area contributed by atoms with E-state index in [1.54, 1.807) is 32.4 Å². The first kappa shape index (κ1) is 17.4. The van der Waals surface area contributed by atoms with Crippen molar-refractivity contribution in [2.24, 2.45) is 16.6 Å². The molecule has 23 heavy (non-hydrogen) atoms. The zero-order valence-corrected chi connectivity index (χ0v) is 14.2. The van der Waals surface area contributed by atoms with Crippen molar-refractivity contribution in [2.75, 3.05) is 33.9 Å². The number of nitrogens with two attached hydrogens (primary N) is 1. The second kappa shape index (κ2) is 8.06. The summed E-state index contributed by atoms with van der Waals surface area (Å²) in [4.78, 5) is 6.43. The van der Waals surface area contributed by atoms with Crippen LogP contribution in [0.3, 0.4) is 0 Å². The lowest BCUT2D eigenvalue weighted by Crippen LogP contribution is -2.42. The molecular formula is C17H27N3O3. The Morgan fingerprint density at radius 2 is 2.04 bits per heavy atom. The minimum Gasteiger partial charge on any atom is -0.497 e. The maximum absolute atomic E-state index is 10.4. The third-order valence-electron chi connectivity index (χ3n) is 4.33. The van der Waals surface area contributed by atoms with Gasteiger partial charge in [-0.2, -0.15) is 0 Å². The molecular weight excluding hydrogens is 294 g/mol. The molecule has 0 saturated carbocycles. The molecule has 0 amide bonds. The molecule has 1 fully saturated rings. The molecule has 0 radical (unpaired) electrons. The van der Waals surface area contributed by atoms with Crippen LogP contribution >= 0.6 is 0 Å². The first-order valence-corrected chi connectivity index (χ1v) is 8.00. The maximum Gasteiger partial charge on any atom is 0.191 e. The van der Waals surface area contributed by atoms with Crippen LogP contribution in [-0.2, 0) is 0 Å². The molecule has 1 aliphatic rings. The number of methoxy groups -OCH3 is 2. The van der Waals surface area contributed by atoms with Crippen LogP contribution in [0.15, 0.2) is 23.2 Å². The maximum atomic E-state index is 10.4. The van der Waals surface area contributed by atoms with E-state index in [-0.39, 0.29) is 6.54 Å². The summed E-state index contributed by atoms with van der Waals surface area (Å²) < 4.78 is 10.5. The highest BCUT2D eigenvalue weighted by Crippen LogP contribution is 2.29. The highest BCUT2D eigenvalue weighted by Gasteiger charge is 2.18. The molecule has 1 heterocycles. The number of likely N-dealkylation sites (tertiary alicyclic amines) is 1. The molecule has 0 aromatic heterocycles. The lowest BCUT2D eigenvalue weighted by atomic mass is 10.00. The molecule has 2 rings (SSSR count). The monoisotopic (exact) mass is 321 g/mol. The van der Waals surface area contributed by atoms with Crippen molar-refractivity contribution in [2.45, 2.75) is 25.9 Å². The second-order valence-corrected chi connectivity index (χ2v) is 5.99. The van der Waals surface area contributed by atoms with Crippen molar-refractivity contribution in [3.63, 3.8) is 0 Å². The Bertz CT molecular complexity index is 540. The van der Waals surface area contributed by atoms with Crippen LogP contribution in [0.5, 0.6) is 11.5 Å². The van der Waals surface area contributed by atoms with Crippen LogP contribution in [0.1, 0.15) is 31.4 Å². The van der Waals surface area contributed by atoms with Crippen LogP contribution in [0, 0.1) is 5.92 Å². The summed E-state index contributed by atoms with van der Waals surface area (Å²) in [6.45, 7) is 4.30. The number of hydrogen-bond donors (Lipinski definition) is 2. The van der Waals surface area contributed by atoms with E-state index in [0.717, 1.165) is 31.8 Å². The predicted octanol–water partition coefficient (Wildman–Crippen LogP) is 1.78. The molecule has 1 unspecified atom stereocenters. The Morgan fingerprint density at radius 3 is 2.65 bits per heavy atom. The average Bonchev–Trinajstić information content (AvgIpc) is 2.59. The molecule has 1 aromatic rings. The Balaban J connectivity index is 2.03. The van der Waals surface area contributed by atoms with Crippen molar-refractivity contribution in [3.8, 4) is 11.5 Å². The number of benzene rings is 1. The number of aliphatic hydroxyl groups excluding tert-OH is 1. The minimum atomic E-state index is -0.790. The van der Waals surface area contributed by atoms with Gasteiger partial charge in [0.2, 0.25) is 0 Å². The van der Waals surface area contributed by atoms with Gasteiger partial charge in [-0.15, -0.1) is 0 Å². The fraction of sp³-hybridized carbons (Fsp3) is 0.588. The molecule has 1 atom stereocenters. The van der Waals surface area contributed by atoms with Crippen molar-refractivity contribution < 1.29 is 14.6 Å². The average molecular weight is 321 g/mol. The van der Waals surface area contributed by atoms with E-state index in [9.17, 15) is 5.11 Å². The summed E-state index contributed by atoms with van der Waals surface area (Å²) in [7, 11) is 3.16. The number of rotatable bonds is 5. The first-order chi connectivity index (χ1) is 11.0. The summed E-state index contributed by atoms with van der Waals surface area (Å²) in [6.07, 6.45) is 1.47. The molecule has 6 nitrogen and oxygen atoms in total. The Kier molecular flexibility index (Phi) is 6.10. The number of aliphatic imine (C=N–C) groups is 1. The van der Waals surface area contributed by atoms with Crippen LogP contribution in [0.25, 0.3) is 0 Å². The summed E-state index contributed by atoms with van der Waals surface area (Å²) in [6, 6.07) is 5.33. The number of guanidine groups is 1. The summed E-state index contributed by atoms with van der Waals surface area (Å²) in [5.41, 5.74) is 6.70. The highest BCUT2D eigenvalue weighted by molar-refractivity contribution is 5.78. The van der Waals surface area contributed by atoms with Crippen molar-refractivity contribution in [1.82, 2.24) is 4.90 Å². The fourth-order valence-electron chi connectivity index (χ4n) is 2.72. The first-order valence-electron chi connectivity index (χ1n) is 8.00. The van der Waals surface area contributed by atoms with Gasteiger partial charge in [-0.1, -0.05) is 6.92 Å². The van der Waals surface area contributed by atoms with Gasteiger partial charge in [0, 0.05) is 18.7 Å². The summed E-state index contributed by atoms with van der Waals surface area (Å²) in [5, 5.41) is 10.4. The summed E-state index contributed by atoms with van der Waals surface area (Å²) in [5.74, 6) is 2.52. The van der Waals surface area contributed by atoms with Gasteiger partial charge < -0.3 is 25.2 Å². The highest BCUT2D eigenvalue weighted by atomic mass is 16.5. The van der Waals surface area contributed by atoms with Gasteiger partial charge in [-0.05, 0) is 37.0 Å². The van der Waals surface area contributed by atoms with Crippen molar-refractivity contribution in [1.29, 1.82) is 0 Å². The zero-order valence-electron chi connectivity index (χ0n) is 14.2. The van der Waals surface area contributed by atoms with E-state index in [4.69, 9.17) is 15.2 Å². The van der Waals surface area contributed by atoms with Gasteiger partial charge in [-0.25, -0.2) is 0 Å². The smallest absolute Gasteiger partial charge is 0.191 e. The number of hydrogen-bond acceptors (Lipinski definition) is 4. The van der Waals surface area contributed by atoms with Gasteiger partial charge in [0.05, 0.1) is 20.8 Å². The van der Waals surface area contributed by atoms with E-state index in [0.29, 0.717) is 23.0 Å². The predicted molar refractivity (Wildman–Crippen MR) is 91.0 cm³/mol. The second-order valence-electron chi connectivity index (χ2n) is 5.99. The van der Waals surface area contributed by atoms with Crippen molar-refractivity contribution >= 4 is 5.96 Å². The lowest BCUT2D eigenvalue weighted by Gasteiger charge is -2.31. The van der Waals surface area contributed by atoms with Gasteiger partial charge >= 0.3 is 0 Å². The molecule has 1 aliphatic heterocycles. The van der Waals surface area contributed by atoms with E-state index >= 15 is 0 Å². The molecule has 0 aliphatic carbocycles. The largest absolute Gasteiger partial charge is 0.497 e. The third-order valence-corrected chi connectivity index (χ3v) is 4.33. The lowest BCUT2D eigenvalue weighted by molar-refractivity contribution is 0.181. The number of nitrogens with zero attached hydrogens (tertiary/aromatic N) is 2.